The number of benzene rings is 2. The van der Waals surface area contributed by atoms with Crippen LogP contribution in [-0.4, -0.2) is 16.6 Å². The van der Waals surface area contributed by atoms with E-state index in [4.69, 9.17) is 5.41 Å². The minimum atomic E-state index is -0.606. The second-order valence-corrected chi connectivity index (χ2v) is 6.66. The smallest absolute Gasteiger partial charge is 0.169 e. The van der Waals surface area contributed by atoms with Gasteiger partial charge in [0.1, 0.15) is 0 Å². The Morgan fingerprint density at radius 1 is 1.17 bits per heavy atom. The van der Waals surface area contributed by atoms with Crippen LogP contribution < -0.4 is 0 Å². The van der Waals surface area contributed by atoms with Gasteiger partial charge in [-0.3, -0.25) is 4.79 Å². The second-order valence-electron chi connectivity index (χ2n) is 6.66. The molecule has 1 unspecified atom stereocenters. The summed E-state index contributed by atoms with van der Waals surface area (Å²) in [5.74, 6) is 0.0978. The van der Waals surface area contributed by atoms with E-state index in [1.165, 1.54) is 6.21 Å². The molecular weight excluding hydrogens is 296 g/mol. The van der Waals surface area contributed by atoms with Gasteiger partial charge < -0.3 is 9.98 Å². The monoisotopic (exact) mass is 318 g/mol. The lowest BCUT2D eigenvalue weighted by Crippen LogP contribution is -2.31. The molecule has 0 saturated heterocycles. The molecule has 24 heavy (non-hydrogen) atoms. The van der Waals surface area contributed by atoms with Gasteiger partial charge in [-0.05, 0) is 48.9 Å². The number of nitrogens with one attached hydrogen (secondary N) is 1. The quantitative estimate of drug-likeness (QED) is 0.522. The number of hydrogen-bond acceptors (Lipinski definition) is 2. The van der Waals surface area contributed by atoms with Crippen LogP contribution in [0.3, 0.4) is 0 Å². The van der Waals surface area contributed by atoms with Crippen molar-refractivity contribution in [2.45, 2.75) is 19.8 Å². The van der Waals surface area contributed by atoms with E-state index >= 15 is 0 Å². The van der Waals surface area contributed by atoms with E-state index in [1.54, 1.807) is 0 Å². The van der Waals surface area contributed by atoms with Crippen LogP contribution in [0.25, 0.3) is 10.9 Å². The molecular formula is C21H22N2O. The molecule has 0 aliphatic heterocycles. The van der Waals surface area contributed by atoms with Crippen molar-refractivity contribution in [3.8, 4) is 0 Å². The maximum atomic E-state index is 13.2. The molecule has 3 aromatic rings. The van der Waals surface area contributed by atoms with Crippen LogP contribution in [0.2, 0.25) is 0 Å². The van der Waals surface area contributed by atoms with E-state index in [0.717, 1.165) is 16.5 Å². The van der Waals surface area contributed by atoms with E-state index in [-0.39, 0.29) is 5.78 Å². The van der Waals surface area contributed by atoms with Crippen molar-refractivity contribution in [1.82, 2.24) is 4.57 Å². The van der Waals surface area contributed by atoms with Gasteiger partial charge >= 0.3 is 0 Å². The highest BCUT2D eigenvalue weighted by Crippen LogP contribution is 2.31. The highest BCUT2D eigenvalue weighted by molar-refractivity contribution is 6.04. The Balaban J connectivity index is 1.96. The number of ketones is 1. The van der Waals surface area contributed by atoms with Crippen LogP contribution >= 0.6 is 0 Å². The summed E-state index contributed by atoms with van der Waals surface area (Å²) in [5.41, 5.74) is 2.35. The first-order chi connectivity index (χ1) is 11.5. The standard InChI is InChI=1S/C21H22N2O/c1-21(11-12-22,15-16-6-4-3-5-7-16)20(24)18-8-9-19-17(14-18)10-13-23(19)2/h3-10,12-14,22H,11,15H2,1-2H3. The molecule has 3 rings (SSSR count). The Morgan fingerprint density at radius 3 is 2.62 bits per heavy atom. The Bertz CT molecular complexity index is 879. The van der Waals surface area contributed by atoms with Crippen molar-refractivity contribution < 1.29 is 4.79 Å². The summed E-state index contributed by atoms with van der Waals surface area (Å²) in [5, 5.41) is 8.60. The zero-order valence-corrected chi connectivity index (χ0v) is 14.1. The van der Waals surface area contributed by atoms with Crippen molar-refractivity contribution in [2.75, 3.05) is 0 Å². The number of Topliss-reactive ketones (excluding diaryl/α,β-unsaturated/α-hetero) is 1. The minimum absolute atomic E-state index is 0.0978. The van der Waals surface area contributed by atoms with Crippen LogP contribution in [0, 0.1) is 10.8 Å². The third-order valence-corrected chi connectivity index (χ3v) is 4.69. The first-order valence-electron chi connectivity index (χ1n) is 8.16. The predicted molar refractivity (Wildman–Crippen MR) is 98.9 cm³/mol. The molecule has 0 saturated carbocycles. The van der Waals surface area contributed by atoms with Gasteiger partial charge in [0.2, 0.25) is 0 Å². The number of rotatable bonds is 6. The van der Waals surface area contributed by atoms with Gasteiger partial charge in [0.25, 0.3) is 0 Å². The summed E-state index contributed by atoms with van der Waals surface area (Å²) in [4.78, 5) is 13.2. The molecule has 2 aromatic carbocycles. The lowest BCUT2D eigenvalue weighted by atomic mass is 9.75. The molecule has 1 atom stereocenters. The minimum Gasteiger partial charge on any atom is -0.351 e. The molecule has 1 N–H and O–H groups in total. The predicted octanol–water partition coefficient (Wildman–Crippen LogP) is 4.65. The summed E-state index contributed by atoms with van der Waals surface area (Å²) in [6, 6.07) is 17.9. The Morgan fingerprint density at radius 2 is 1.92 bits per heavy atom. The van der Waals surface area contributed by atoms with Crippen LogP contribution in [0.4, 0.5) is 0 Å². The van der Waals surface area contributed by atoms with Crippen molar-refractivity contribution in [3.63, 3.8) is 0 Å². The summed E-state index contributed by atoms with van der Waals surface area (Å²) in [6.07, 6.45) is 4.42. The molecule has 0 amide bonds. The van der Waals surface area contributed by atoms with Gasteiger partial charge in [0.05, 0.1) is 0 Å². The number of aryl methyl sites for hydroxylation is 1. The molecule has 3 heteroatoms. The lowest BCUT2D eigenvalue weighted by Gasteiger charge is -2.27. The summed E-state index contributed by atoms with van der Waals surface area (Å²) >= 11 is 0. The van der Waals surface area contributed by atoms with Crippen LogP contribution in [0.15, 0.2) is 60.8 Å². The summed E-state index contributed by atoms with van der Waals surface area (Å²) in [6.45, 7) is 1.96. The number of hydrogen-bond donors (Lipinski definition) is 1. The zero-order valence-electron chi connectivity index (χ0n) is 14.1. The van der Waals surface area contributed by atoms with Crippen LogP contribution in [-0.2, 0) is 13.5 Å². The first kappa shape index (κ1) is 16.2. The molecule has 1 heterocycles. The molecule has 0 bridgehead atoms. The summed E-state index contributed by atoms with van der Waals surface area (Å²) < 4.78 is 2.05. The number of nitrogens with zero attached hydrogens (tertiary/aromatic N) is 1. The molecule has 0 fully saturated rings. The molecule has 122 valence electrons. The fraction of sp³-hybridized carbons (Fsp3) is 0.238. The largest absolute Gasteiger partial charge is 0.351 e. The van der Waals surface area contributed by atoms with Gasteiger partial charge in [0.15, 0.2) is 5.78 Å². The second kappa shape index (κ2) is 6.44. The highest BCUT2D eigenvalue weighted by Gasteiger charge is 2.33. The fourth-order valence-electron chi connectivity index (χ4n) is 3.29. The van der Waals surface area contributed by atoms with Crippen molar-refractivity contribution in [2.24, 2.45) is 12.5 Å². The maximum Gasteiger partial charge on any atom is 0.169 e. The van der Waals surface area contributed by atoms with E-state index in [2.05, 4.69) is 0 Å². The van der Waals surface area contributed by atoms with Gasteiger partial charge in [-0.25, -0.2) is 0 Å². The molecule has 3 nitrogen and oxygen atoms in total. The van der Waals surface area contributed by atoms with E-state index < -0.39 is 5.41 Å². The molecule has 0 radical (unpaired) electrons. The average Bonchev–Trinajstić information content (AvgIpc) is 2.96. The van der Waals surface area contributed by atoms with Crippen molar-refractivity contribution in [3.05, 3.63) is 71.9 Å². The van der Waals surface area contributed by atoms with Crippen LogP contribution in [0.1, 0.15) is 29.3 Å². The maximum absolute atomic E-state index is 13.2. The van der Waals surface area contributed by atoms with E-state index in [0.29, 0.717) is 18.4 Å². The Hall–Kier alpha value is -2.68. The van der Waals surface area contributed by atoms with Crippen molar-refractivity contribution >= 4 is 22.9 Å². The molecule has 0 spiro atoms. The van der Waals surface area contributed by atoms with Crippen LogP contribution in [0.5, 0.6) is 0 Å². The number of fused-ring (bicyclic) bond motifs is 1. The van der Waals surface area contributed by atoms with Gasteiger partial charge in [-0.1, -0.05) is 37.3 Å². The van der Waals surface area contributed by atoms with Gasteiger partial charge in [0, 0.05) is 35.1 Å². The van der Waals surface area contributed by atoms with Crippen molar-refractivity contribution in [1.29, 1.82) is 5.41 Å². The first-order valence-corrected chi connectivity index (χ1v) is 8.16. The fourth-order valence-corrected chi connectivity index (χ4v) is 3.29. The third-order valence-electron chi connectivity index (χ3n) is 4.69. The Kier molecular flexibility index (Phi) is 4.34. The molecule has 0 aliphatic carbocycles. The zero-order chi connectivity index (χ0) is 17.2. The molecule has 0 aliphatic rings. The highest BCUT2D eigenvalue weighted by atomic mass is 16.1. The number of carbonyl (C=O) groups excluding carboxylic acids is 1. The lowest BCUT2D eigenvalue weighted by molar-refractivity contribution is 0.0824. The number of aromatic nitrogens is 1. The topological polar surface area (TPSA) is 45.9 Å². The normalized spacial score (nSPS) is 13.6. The SMILES string of the molecule is Cn1ccc2cc(C(=O)C(C)(CC=N)Cc3ccccc3)ccc21. The molecule has 1 aromatic heterocycles. The third kappa shape index (κ3) is 3.02. The number of carbonyl (C=O) groups is 1. The van der Waals surface area contributed by atoms with Gasteiger partial charge in [-0.2, -0.15) is 0 Å². The average molecular weight is 318 g/mol. The van der Waals surface area contributed by atoms with E-state index in [1.807, 2.05) is 79.3 Å². The van der Waals surface area contributed by atoms with Gasteiger partial charge in [-0.15, -0.1) is 0 Å². The Labute approximate surface area is 142 Å². The summed E-state index contributed by atoms with van der Waals surface area (Å²) in [7, 11) is 2.00. The van der Waals surface area contributed by atoms with E-state index in [9.17, 15) is 4.79 Å².